The molecule has 0 radical (unpaired) electrons. The quantitative estimate of drug-likeness (QED) is 0.128. The zero-order valence-corrected chi connectivity index (χ0v) is 23.7. The van der Waals surface area contributed by atoms with E-state index in [2.05, 4.69) is 90.3 Å². The van der Waals surface area contributed by atoms with E-state index in [-0.39, 0.29) is 12.6 Å². The van der Waals surface area contributed by atoms with Crippen LogP contribution >= 0.6 is 23.1 Å². The van der Waals surface area contributed by atoms with Crippen molar-refractivity contribution in [2.75, 3.05) is 19.0 Å². The molecule has 3 nitrogen and oxygen atoms in total. The third-order valence-corrected chi connectivity index (χ3v) is 8.29. The van der Waals surface area contributed by atoms with Gasteiger partial charge in [-0.05, 0) is 71.3 Å². The first-order valence-corrected chi connectivity index (χ1v) is 14.8. The molecule has 5 rings (SSSR count). The Kier molecular flexibility index (Phi) is 8.82. The molecule has 0 fully saturated rings. The lowest BCUT2D eigenvalue weighted by Gasteiger charge is -2.11. The number of fused-ring (bicyclic) bond motifs is 1. The molecule has 0 saturated carbocycles. The average Bonchev–Trinajstić information content (AvgIpc) is 3.39. The molecule has 5 aromatic rings. The van der Waals surface area contributed by atoms with Crippen LogP contribution in [0.1, 0.15) is 23.6 Å². The highest BCUT2D eigenvalue weighted by molar-refractivity contribution is 7.99. The fraction of sp³-hybridized carbons (Fsp3) is 0.147. The number of carbonyl (C=O) groups excluding carboxylic acids is 1. The molecule has 0 spiro atoms. The van der Waals surface area contributed by atoms with Crippen LogP contribution in [0.2, 0.25) is 0 Å². The molecule has 196 valence electrons. The topological polar surface area (TPSA) is 35.5 Å². The lowest BCUT2D eigenvalue weighted by atomic mass is 9.95. The minimum Gasteiger partial charge on any atom is -0.482 e. The van der Waals surface area contributed by atoms with Crippen LogP contribution in [0.5, 0.6) is 5.75 Å². The summed E-state index contributed by atoms with van der Waals surface area (Å²) < 4.78 is 11.9. The van der Waals surface area contributed by atoms with Crippen molar-refractivity contribution in [2.24, 2.45) is 0 Å². The van der Waals surface area contributed by atoms with Gasteiger partial charge in [-0.1, -0.05) is 78.9 Å². The van der Waals surface area contributed by atoms with Gasteiger partial charge in [0.2, 0.25) is 0 Å². The van der Waals surface area contributed by atoms with Crippen LogP contribution in [-0.4, -0.2) is 24.9 Å². The largest absolute Gasteiger partial charge is 0.482 e. The molecule has 5 heteroatoms. The Morgan fingerprint density at radius 3 is 2.41 bits per heavy atom. The number of ether oxygens (including phenoxy) is 2. The van der Waals surface area contributed by atoms with Gasteiger partial charge in [0, 0.05) is 26.3 Å². The number of benzene rings is 4. The first-order chi connectivity index (χ1) is 19.1. The first-order valence-electron chi connectivity index (χ1n) is 13.0. The van der Waals surface area contributed by atoms with E-state index in [0.29, 0.717) is 12.4 Å². The summed E-state index contributed by atoms with van der Waals surface area (Å²) in [6, 6.07) is 34.0. The molecule has 0 bridgehead atoms. The molecule has 1 heterocycles. The smallest absolute Gasteiger partial charge is 0.344 e. The van der Waals surface area contributed by atoms with E-state index in [4.69, 9.17) is 9.47 Å². The standard InChI is InChI=1S/C34H30O3S2/c1-3-36-34(35)22-37-32-18-17-28(21-24(32)2)38-20-19-29(31-23-39-33-12-8-7-11-30(31)33)27-15-13-26(14-16-27)25-9-5-4-6-10-25/h4-19,21,23H,3,20,22H2,1-2H3. The van der Waals surface area contributed by atoms with Gasteiger partial charge in [0.1, 0.15) is 5.75 Å². The maximum Gasteiger partial charge on any atom is 0.344 e. The van der Waals surface area contributed by atoms with Crippen LogP contribution in [0, 0.1) is 6.92 Å². The van der Waals surface area contributed by atoms with Crippen molar-refractivity contribution < 1.29 is 14.3 Å². The normalized spacial score (nSPS) is 11.5. The third-order valence-electron chi connectivity index (χ3n) is 6.41. The number of rotatable bonds is 10. The molecule has 39 heavy (non-hydrogen) atoms. The lowest BCUT2D eigenvalue weighted by molar-refractivity contribution is -0.145. The SMILES string of the molecule is CCOC(=O)COc1ccc(SCC=C(c2ccc(-c3ccccc3)cc2)c2csc3ccccc23)cc1C. The molecule has 0 saturated heterocycles. The Labute approximate surface area is 238 Å². The van der Waals surface area contributed by atoms with Gasteiger partial charge in [0.25, 0.3) is 0 Å². The Morgan fingerprint density at radius 2 is 1.64 bits per heavy atom. The summed E-state index contributed by atoms with van der Waals surface area (Å²) in [4.78, 5) is 12.8. The van der Waals surface area contributed by atoms with Crippen molar-refractivity contribution in [3.8, 4) is 16.9 Å². The molecule has 4 aromatic carbocycles. The predicted octanol–water partition coefficient (Wildman–Crippen LogP) is 9.04. The van der Waals surface area contributed by atoms with E-state index in [1.165, 1.54) is 37.9 Å². The van der Waals surface area contributed by atoms with Gasteiger partial charge < -0.3 is 9.47 Å². The molecular weight excluding hydrogens is 521 g/mol. The molecule has 0 atom stereocenters. The van der Waals surface area contributed by atoms with Crippen molar-refractivity contribution in [3.63, 3.8) is 0 Å². The van der Waals surface area contributed by atoms with Crippen LogP contribution in [-0.2, 0) is 9.53 Å². The second kappa shape index (κ2) is 12.8. The van der Waals surface area contributed by atoms with E-state index in [0.717, 1.165) is 16.2 Å². The number of thiophene rings is 1. The van der Waals surface area contributed by atoms with Gasteiger partial charge in [-0.2, -0.15) is 0 Å². The Balaban J connectivity index is 1.37. The van der Waals surface area contributed by atoms with Gasteiger partial charge in [-0.3, -0.25) is 0 Å². The fourth-order valence-electron chi connectivity index (χ4n) is 4.48. The molecule has 0 N–H and O–H groups in total. The predicted molar refractivity (Wildman–Crippen MR) is 165 cm³/mol. The maximum absolute atomic E-state index is 11.6. The molecule has 0 aliphatic rings. The molecular formula is C34H30O3S2. The van der Waals surface area contributed by atoms with E-state index >= 15 is 0 Å². The fourth-order valence-corrected chi connectivity index (χ4v) is 6.30. The Hall–Kier alpha value is -3.80. The number of esters is 1. The van der Waals surface area contributed by atoms with Crippen LogP contribution in [0.25, 0.3) is 26.8 Å². The Morgan fingerprint density at radius 1 is 0.897 bits per heavy atom. The zero-order valence-electron chi connectivity index (χ0n) is 22.1. The van der Waals surface area contributed by atoms with Gasteiger partial charge in [0.05, 0.1) is 6.61 Å². The number of carbonyl (C=O) groups is 1. The number of hydrogen-bond donors (Lipinski definition) is 0. The zero-order chi connectivity index (χ0) is 27.0. The van der Waals surface area contributed by atoms with Crippen LogP contribution in [0.3, 0.4) is 0 Å². The van der Waals surface area contributed by atoms with E-state index in [9.17, 15) is 4.79 Å². The summed E-state index contributed by atoms with van der Waals surface area (Å²) in [6.45, 7) is 4.06. The minimum absolute atomic E-state index is 0.0784. The van der Waals surface area contributed by atoms with E-state index < -0.39 is 0 Å². The van der Waals surface area contributed by atoms with Crippen LogP contribution < -0.4 is 4.74 Å². The summed E-state index contributed by atoms with van der Waals surface area (Å²) in [5, 5.41) is 3.55. The summed E-state index contributed by atoms with van der Waals surface area (Å²) in [6.07, 6.45) is 2.33. The molecule has 0 aliphatic carbocycles. The second-order valence-electron chi connectivity index (χ2n) is 9.04. The average molecular weight is 551 g/mol. The highest BCUT2D eigenvalue weighted by Crippen LogP contribution is 2.36. The molecule has 1 aromatic heterocycles. The number of hydrogen-bond acceptors (Lipinski definition) is 5. The molecule has 0 aliphatic heterocycles. The van der Waals surface area contributed by atoms with Crippen LogP contribution in [0.4, 0.5) is 0 Å². The summed E-state index contributed by atoms with van der Waals surface area (Å²) in [5.41, 5.74) is 7.14. The van der Waals surface area contributed by atoms with Gasteiger partial charge >= 0.3 is 5.97 Å². The third kappa shape index (κ3) is 6.62. The van der Waals surface area contributed by atoms with E-state index in [1.54, 1.807) is 30.0 Å². The lowest BCUT2D eigenvalue weighted by Crippen LogP contribution is -2.14. The maximum atomic E-state index is 11.6. The molecule has 0 amide bonds. The van der Waals surface area contributed by atoms with Gasteiger partial charge in [-0.25, -0.2) is 4.79 Å². The highest BCUT2D eigenvalue weighted by atomic mass is 32.2. The number of aryl methyl sites for hydroxylation is 1. The highest BCUT2D eigenvalue weighted by Gasteiger charge is 2.12. The van der Waals surface area contributed by atoms with Crippen molar-refractivity contribution in [2.45, 2.75) is 18.7 Å². The van der Waals surface area contributed by atoms with Gasteiger partial charge in [-0.15, -0.1) is 23.1 Å². The van der Waals surface area contributed by atoms with Crippen molar-refractivity contribution in [1.82, 2.24) is 0 Å². The van der Waals surface area contributed by atoms with Gasteiger partial charge in [0.15, 0.2) is 6.61 Å². The minimum atomic E-state index is -0.356. The van der Waals surface area contributed by atoms with Crippen LogP contribution in [0.15, 0.2) is 113 Å². The number of thioether (sulfide) groups is 1. The van der Waals surface area contributed by atoms with Crippen molar-refractivity contribution in [3.05, 3.63) is 125 Å². The summed E-state index contributed by atoms with van der Waals surface area (Å²) in [5.74, 6) is 1.17. The monoisotopic (exact) mass is 550 g/mol. The first kappa shape index (κ1) is 26.8. The second-order valence-corrected chi connectivity index (χ2v) is 11.0. The summed E-state index contributed by atoms with van der Waals surface area (Å²) in [7, 11) is 0. The van der Waals surface area contributed by atoms with E-state index in [1.807, 2.05) is 25.1 Å². The summed E-state index contributed by atoms with van der Waals surface area (Å²) >= 11 is 3.57. The Bertz CT molecular complexity index is 1580. The molecule has 0 unspecified atom stereocenters. The van der Waals surface area contributed by atoms with Crippen molar-refractivity contribution >= 4 is 44.7 Å². The van der Waals surface area contributed by atoms with Crippen molar-refractivity contribution in [1.29, 1.82) is 0 Å².